The van der Waals surface area contributed by atoms with Gasteiger partial charge in [0.25, 0.3) is 0 Å². The summed E-state index contributed by atoms with van der Waals surface area (Å²) in [7, 11) is 0. The molecule has 0 aromatic heterocycles. The Bertz CT molecular complexity index is 1140. The fourth-order valence-electron chi connectivity index (χ4n) is 7.55. The predicted molar refractivity (Wildman–Crippen MR) is 239 cm³/mol. The van der Waals surface area contributed by atoms with E-state index in [9.17, 15) is 9.59 Å². The molecule has 0 aliphatic rings. The van der Waals surface area contributed by atoms with Crippen LogP contribution in [0, 0.1) is 0 Å². The Kier molecular flexibility index (Phi) is 29.5. The van der Waals surface area contributed by atoms with Crippen molar-refractivity contribution in [3.8, 4) is 0 Å². The van der Waals surface area contributed by atoms with E-state index >= 15 is 0 Å². The van der Waals surface area contributed by atoms with Gasteiger partial charge in [0.1, 0.15) is 0 Å². The molecule has 0 fully saturated rings. The number of nitrogens with one attached hydrogen (secondary N) is 2. The molecule has 0 saturated heterocycles. The molecule has 0 heterocycles. The number of rotatable bonds is 36. The van der Waals surface area contributed by atoms with E-state index < -0.39 is 0 Å². The first kappa shape index (κ1) is 48.4. The van der Waals surface area contributed by atoms with Crippen LogP contribution in [0.4, 0.5) is 11.4 Å². The quantitative estimate of drug-likeness (QED) is 0.0679. The molecule has 6 heteroatoms. The van der Waals surface area contributed by atoms with Gasteiger partial charge in [0.2, 0.25) is 11.8 Å². The third-order valence-corrected chi connectivity index (χ3v) is 10.9. The molecular formula is C49H84N4O2. The highest BCUT2D eigenvalue weighted by molar-refractivity contribution is 5.91. The number of hydrogen-bond donors (Lipinski definition) is 2. The number of benzene rings is 2. The maximum Gasteiger partial charge on any atom is 0.224 e. The minimum absolute atomic E-state index is 0.0920. The number of nitrogens with zero attached hydrogens (tertiary/aromatic N) is 2. The SMILES string of the molecule is CCCCCCCCN(CCCCCC)CCCC(=O)Nc1cccc(Cc2cccc(NC(=O)CCCN(CCCCCC)CCCCCCCC)c2)c1. The Balaban J connectivity index is 1.79. The second-order valence-electron chi connectivity index (χ2n) is 16.2. The molecule has 2 aromatic rings. The van der Waals surface area contributed by atoms with Crippen molar-refractivity contribution in [2.45, 2.75) is 188 Å². The summed E-state index contributed by atoms with van der Waals surface area (Å²) in [6.07, 6.45) is 29.8. The summed E-state index contributed by atoms with van der Waals surface area (Å²) in [5, 5.41) is 6.32. The molecule has 2 aromatic carbocycles. The van der Waals surface area contributed by atoms with Gasteiger partial charge in [-0.05, 0) is 120 Å². The Morgan fingerprint density at radius 3 is 1.09 bits per heavy atom. The summed E-state index contributed by atoms with van der Waals surface area (Å²) in [6, 6.07) is 16.4. The molecular weight excluding hydrogens is 677 g/mol. The van der Waals surface area contributed by atoms with Gasteiger partial charge in [-0.2, -0.15) is 0 Å². The van der Waals surface area contributed by atoms with E-state index in [0.717, 1.165) is 81.0 Å². The van der Waals surface area contributed by atoms with Gasteiger partial charge in [-0.3, -0.25) is 9.59 Å². The molecule has 0 bridgehead atoms. The fraction of sp³-hybridized carbons (Fsp3) is 0.714. The van der Waals surface area contributed by atoms with Crippen molar-refractivity contribution in [1.82, 2.24) is 9.80 Å². The second kappa shape index (κ2) is 33.4. The van der Waals surface area contributed by atoms with Crippen molar-refractivity contribution in [3.05, 3.63) is 59.7 Å². The van der Waals surface area contributed by atoms with Gasteiger partial charge in [-0.15, -0.1) is 0 Å². The van der Waals surface area contributed by atoms with Crippen molar-refractivity contribution in [3.63, 3.8) is 0 Å². The number of unbranched alkanes of at least 4 members (excludes halogenated alkanes) is 16. The van der Waals surface area contributed by atoms with Crippen LogP contribution in [0.25, 0.3) is 0 Å². The summed E-state index contributed by atoms with van der Waals surface area (Å²) in [6.45, 7) is 15.7. The predicted octanol–water partition coefficient (Wildman–Crippen LogP) is 13.2. The molecule has 0 atom stereocenters. The normalized spacial score (nSPS) is 11.5. The minimum Gasteiger partial charge on any atom is -0.326 e. The van der Waals surface area contributed by atoms with Gasteiger partial charge in [0, 0.05) is 24.2 Å². The highest BCUT2D eigenvalue weighted by Gasteiger charge is 2.11. The van der Waals surface area contributed by atoms with Crippen molar-refractivity contribution in [2.24, 2.45) is 0 Å². The van der Waals surface area contributed by atoms with Crippen molar-refractivity contribution in [1.29, 1.82) is 0 Å². The van der Waals surface area contributed by atoms with Crippen LogP contribution in [0.15, 0.2) is 48.5 Å². The molecule has 312 valence electrons. The summed E-state index contributed by atoms with van der Waals surface area (Å²) in [5.74, 6) is 0.184. The van der Waals surface area contributed by atoms with Crippen LogP contribution in [-0.4, -0.2) is 60.9 Å². The third-order valence-electron chi connectivity index (χ3n) is 10.9. The Hall–Kier alpha value is -2.70. The van der Waals surface area contributed by atoms with Gasteiger partial charge in [-0.1, -0.05) is 155 Å². The molecule has 0 radical (unpaired) electrons. The van der Waals surface area contributed by atoms with E-state index in [2.05, 4.69) is 72.4 Å². The molecule has 2 amide bonds. The number of amides is 2. The maximum absolute atomic E-state index is 13.0. The third kappa shape index (κ3) is 26.0. The van der Waals surface area contributed by atoms with Crippen molar-refractivity contribution in [2.75, 3.05) is 49.9 Å². The summed E-state index contributed by atoms with van der Waals surface area (Å²) in [5.41, 5.74) is 3.99. The topological polar surface area (TPSA) is 64.7 Å². The molecule has 6 nitrogen and oxygen atoms in total. The van der Waals surface area contributed by atoms with Crippen LogP contribution in [0.2, 0.25) is 0 Å². The average molecular weight is 761 g/mol. The van der Waals surface area contributed by atoms with E-state index in [4.69, 9.17) is 0 Å². The first-order chi connectivity index (χ1) is 27.0. The minimum atomic E-state index is 0.0920. The van der Waals surface area contributed by atoms with Crippen LogP contribution in [0.1, 0.15) is 193 Å². The first-order valence-corrected chi connectivity index (χ1v) is 23.2. The van der Waals surface area contributed by atoms with Gasteiger partial charge in [0.15, 0.2) is 0 Å². The van der Waals surface area contributed by atoms with Crippen LogP contribution in [0.5, 0.6) is 0 Å². The maximum atomic E-state index is 13.0. The lowest BCUT2D eigenvalue weighted by atomic mass is 10.0. The molecule has 0 saturated carbocycles. The molecule has 0 unspecified atom stereocenters. The van der Waals surface area contributed by atoms with Crippen LogP contribution in [-0.2, 0) is 16.0 Å². The standard InChI is InChI=1S/C49H84N4O2/c1-5-9-13-17-19-23-37-52(35-21-15-11-7-3)39-27-33-48(54)50-46-31-25-29-44(42-46)41-45-30-26-32-47(43-45)51-49(55)34-28-40-53(36-22-16-12-8-4)38-24-20-18-14-10-6-2/h25-26,29-32,42-43H,5-24,27-28,33-41H2,1-4H3,(H,50,54)(H,51,55). The van der Waals surface area contributed by atoms with Crippen LogP contribution < -0.4 is 10.6 Å². The van der Waals surface area contributed by atoms with Crippen LogP contribution in [0.3, 0.4) is 0 Å². The van der Waals surface area contributed by atoms with Gasteiger partial charge < -0.3 is 20.4 Å². The summed E-state index contributed by atoms with van der Waals surface area (Å²) < 4.78 is 0. The lowest BCUT2D eigenvalue weighted by Gasteiger charge is -2.22. The van der Waals surface area contributed by atoms with E-state index in [0.29, 0.717) is 12.8 Å². The van der Waals surface area contributed by atoms with E-state index in [1.807, 2.05) is 24.3 Å². The highest BCUT2D eigenvalue weighted by Crippen LogP contribution is 2.19. The van der Waals surface area contributed by atoms with Gasteiger partial charge in [0.05, 0.1) is 0 Å². The van der Waals surface area contributed by atoms with Crippen LogP contribution >= 0.6 is 0 Å². The molecule has 55 heavy (non-hydrogen) atoms. The smallest absolute Gasteiger partial charge is 0.224 e. The zero-order valence-electron chi connectivity index (χ0n) is 36.3. The molecule has 0 spiro atoms. The number of carbonyl (C=O) groups is 2. The molecule has 2 rings (SSSR count). The number of anilines is 2. The van der Waals surface area contributed by atoms with Crippen molar-refractivity contribution >= 4 is 23.2 Å². The summed E-state index contributed by atoms with van der Waals surface area (Å²) in [4.78, 5) is 31.1. The fourth-order valence-corrected chi connectivity index (χ4v) is 7.55. The monoisotopic (exact) mass is 761 g/mol. The zero-order chi connectivity index (χ0) is 39.6. The van der Waals surface area contributed by atoms with Crippen molar-refractivity contribution < 1.29 is 9.59 Å². The number of carbonyl (C=O) groups excluding carboxylic acids is 2. The zero-order valence-corrected chi connectivity index (χ0v) is 36.3. The van der Waals surface area contributed by atoms with Gasteiger partial charge in [-0.25, -0.2) is 0 Å². The first-order valence-electron chi connectivity index (χ1n) is 23.2. The Labute approximate surface area is 339 Å². The summed E-state index contributed by atoms with van der Waals surface area (Å²) >= 11 is 0. The second-order valence-corrected chi connectivity index (χ2v) is 16.2. The lowest BCUT2D eigenvalue weighted by Crippen LogP contribution is -2.28. The van der Waals surface area contributed by atoms with E-state index in [-0.39, 0.29) is 11.8 Å². The molecule has 2 N–H and O–H groups in total. The van der Waals surface area contributed by atoms with Gasteiger partial charge >= 0.3 is 0 Å². The molecule has 0 aliphatic carbocycles. The average Bonchev–Trinajstić information content (AvgIpc) is 3.17. The highest BCUT2D eigenvalue weighted by atomic mass is 16.2. The molecule has 0 aliphatic heterocycles. The van der Waals surface area contributed by atoms with E-state index in [1.54, 1.807) is 0 Å². The number of hydrogen-bond acceptors (Lipinski definition) is 4. The Morgan fingerprint density at radius 2 is 0.727 bits per heavy atom. The largest absolute Gasteiger partial charge is 0.326 e. The lowest BCUT2D eigenvalue weighted by molar-refractivity contribution is -0.117. The Morgan fingerprint density at radius 1 is 0.418 bits per heavy atom. The van der Waals surface area contributed by atoms with E-state index in [1.165, 1.54) is 128 Å².